The maximum absolute atomic E-state index is 12.4. The molecule has 1 atom stereocenters. The van der Waals surface area contributed by atoms with Crippen LogP contribution in [-0.4, -0.2) is 27.7 Å². The van der Waals surface area contributed by atoms with Crippen LogP contribution in [0.1, 0.15) is 30.2 Å². The Balaban J connectivity index is 1.95. The number of halogens is 3. The van der Waals surface area contributed by atoms with Gasteiger partial charge in [-0.2, -0.15) is 0 Å². The van der Waals surface area contributed by atoms with Crippen molar-refractivity contribution in [2.45, 2.75) is 36.8 Å². The Hall–Kier alpha value is -2.12. The number of rotatable bonds is 4. The maximum Gasteiger partial charge on any atom is 0.573 e. The molecule has 3 rings (SSSR count). The highest BCUT2D eigenvalue weighted by Gasteiger charge is 2.51. The Labute approximate surface area is 136 Å². The highest BCUT2D eigenvalue weighted by atomic mass is 19.4. The molecule has 0 aliphatic heterocycles. The zero-order valence-corrected chi connectivity index (χ0v) is 12.6. The van der Waals surface area contributed by atoms with Crippen molar-refractivity contribution in [1.29, 1.82) is 0 Å². The van der Waals surface area contributed by atoms with E-state index in [1.807, 2.05) is 0 Å². The van der Waals surface area contributed by atoms with E-state index in [9.17, 15) is 23.4 Å². The van der Waals surface area contributed by atoms with Crippen molar-refractivity contribution in [2.75, 3.05) is 0 Å². The predicted octanol–water partition coefficient (Wildman–Crippen LogP) is 3.11. The van der Waals surface area contributed by atoms with E-state index in [0.29, 0.717) is 11.3 Å². The first-order valence-corrected chi connectivity index (χ1v) is 7.43. The van der Waals surface area contributed by atoms with Crippen LogP contribution in [0.25, 0.3) is 0 Å². The fourth-order valence-electron chi connectivity index (χ4n) is 3.22. The van der Waals surface area contributed by atoms with Gasteiger partial charge in [-0.1, -0.05) is 18.2 Å². The topological polar surface area (TPSA) is 62.6 Å². The number of pyridine rings is 1. The number of hydrogen-bond donors (Lipinski definition) is 2. The lowest BCUT2D eigenvalue weighted by atomic mass is 9.59. The molecular weight excluding hydrogens is 323 g/mol. The van der Waals surface area contributed by atoms with Crippen LogP contribution in [0.2, 0.25) is 0 Å². The molecule has 0 amide bonds. The van der Waals surface area contributed by atoms with Crippen molar-refractivity contribution in [3.05, 3.63) is 59.9 Å². The molecule has 0 radical (unpaired) electrons. The molecule has 4 nitrogen and oxygen atoms in total. The minimum atomic E-state index is -4.79. The summed E-state index contributed by atoms with van der Waals surface area (Å²) in [5.74, 6) is -0.353. The fourth-order valence-corrected chi connectivity index (χ4v) is 3.22. The van der Waals surface area contributed by atoms with Crippen molar-refractivity contribution in [3.63, 3.8) is 0 Å². The maximum atomic E-state index is 12.4. The average Bonchev–Trinajstić information content (AvgIpc) is 2.50. The predicted molar refractivity (Wildman–Crippen MR) is 79.2 cm³/mol. The van der Waals surface area contributed by atoms with Gasteiger partial charge in [0.15, 0.2) is 0 Å². The van der Waals surface area contributed by atoms with Crippen molar-refractivity contribution in [2.24, 2.45) is 0 Å². The van der Waals surface area contributed by atoms with Crippen LogP contribution in [0.4, 0.5) is 13.2 Å². The Morgan fingerprint density at radius 2 is 1.92 bits per heavy atom. The molecule has 0 unspecified atom stereocenters. The smallest absolute Gasteiger partial charge is 0.406 e. The van der Waals surface area contributed by atoms with Gasteiger partial charge in [-0.15, -0.1) is 13.2 Å². The van der Waals surface area contributed by atoms with Gasteiger partial charge in [0.05, 0.1) is 11.8 Å². The number of benzene rings is 1. The molecule has 7 heteroatoms. The van der Waals surface area contributed by atoms with Gasteiger partial charge in [0.2, 0.25) is 0 Å². The first-order valence-electron chi connectivity index (χ1n) is 7.43. The number of ether oxygens (including phenoxy) is 1. The molecule has 1 heterocycles. The Kier molecular flexibility index (Phi) is 4.23. The van der Waals surface area contributed by atoms with Crippen LogP contribution >= 0.6 is 0 Å². The monoisotopic (exact) mass is 339 g/mol. The van der Waals surface area contributed by atoms with Crippen LogP contribution in [0.5, 0.6) is 5.75 Å². The summed E-state index contributed by atoms with van der Waals surface area (Å²) in [6, 6.07) is 10.6. The number of hydrogen-bond acceptors (Lipinski definition) is 4. The molecule has 1 aliphatic rings. The average molecular weight is 339 g/mol. The van der Waals surface area contributed by atoms with Crippen molar-refractivity contribution < 1.29 is 28.1 Å². The lowest BCUT2D eigenvalue weighted by molar-refractivity contribution is -0.274. The number of nitrogens with zero attached hydrogens (tertiary/aromatic N) is 1. The summed E-state index contributed by atoms with van der Waals surface area (Å²) in [5.41, 5.74) is -0.00195. The van der Waals surface area contributed by atoms with Crippen molar-refractivity contribution in [3.8, 4) is 5.75 Å². The summed E-state index contributed by atoms with van der Waals surface area (Å²) in [6.07, 6.45) is -4.44. The summed E-state index contributed by atoms with van der Waals surface area (Å²) in [4.78, 5) is 4.12. The second-order valence-corrected chi connectivity index (χ2v) is 5.95. The van der Waals surface area contributed by atoms with Gasteiger partial charge in [0.1, 0.15) is 11.9 Å². The van der Waals surface area contributed by atoms with Gasteiger partial charge in [0, 0.05) is 11.6 Å². The van der Waals surface area contributed by atoms with E-state index in [1.165, 1.54) is 24.4 Å². The molecule has 1 aromatic heterocycles. The first-order chi connectivity index (χ1) is 11.3. The minimum absolute atomic E-state index is 0.236. The lowest BCUT2D eigenvalue weighted by Gasteiger charge is -2.48. The SMILES string of the molecule is O[C@H](c1ccccn1)[C@]1(c2cccc(OC(F)(F)F)c2)C[C@@H](O)C1. The molecule has 0 bridgehead atoms. The second-order valence-electron chi connectivity index (χ2n) is 5.95. The van der Waals surface area contributed by atoms with Gasteiger partial charge in [-0.3, -0.25) is 4.98 Å². The molecular formula is C17H16F3NO3. The quantitative estimate of drug-likeness (QED) is 0.898. The van der Waals surface area contributed by atoms with E-state index in [4.69, 9.17) is 0 Å². The zero-order chi connectivity index (χ0) is 17.4. The number of aromatic nitrogens is 1. The van der Waals surface area contributed by atoms with E-state index in [1.54, 1.807) is 24.3 Å². The summed E-state index contributed by atoms with van der Waals surface area (Å²) < 4.78 is 41.2. The van der Waals surface area contributed by atoms with Crippen molar-refractivity contribution >= 4 is 0 Å². The lowest BCUT2D eigenvalue weighted by Crippen LogP contribution is -2.49. The van der Waals surface area contributed by atoms with E-state index in [2.05, 4.69) is 9.72 Å². The fraction of sp³-hybridized carbons (Fsp3) is 0.353. The molecule has 1 aliphatic carbocycles. The summed E-state index contributed by atoms with van der Waals surface area (Å²) in [5, 5.41) is 20.5. The summed E-state index contributed by atoms with van der Waals surface area (Å²) in [7, 11) is 0. The van der Waals surface area contributed by atoms with E-state index in [-0.39, 0.29) is 18.6 Å². The Morgan fingerprint density at radius 3 is 2.50 bits per heavy atom. The summed E-state index contributed by atoms with van der Waals surface area (Å²) in [6.45, 7) is 0. The molecule has 128 valence electrons. The minimum Gasteiger partial charge on any atom is -0.406 e. The van der Waals surface area contributed by atoms with Crippen LogP contribution in [0, 0.1) is 0 Å². The largest absolute Gasteiger partial charge is 0.573 e. The van der Waals surface area contributed by atoms with Gasteiger partial charge in [-0.25, -0.2) is 0 Å². The molecule has 0 saturated heterocycles. The highest BCUT2D eigenvalue weighted by Crippen LogP contribution is 2.52. The molecule has 0 spiro atoms. The normalized spacial score (nSPS) is 25.0. The number of alkyl halides is 3. The van der Waals surface area contributed by atoms with E-state index < -0.39 is 24.0 Å². The molecule has 1 saturated carbocycles. The number of aliphatic hydroxyl groups is 2. The first kappa shape index (κ1) is 16.7. The van der Waals surface area contributed by atoms with Crippen LogP contribution in [0.15, 0.2) is 48.7 Å². The number of aliphatic hydroxyl groups excluding tert-OH is 2. The van der Waals surface area contributed by atoms with Crippen LogP contribution < -0.4 is 4.74 Å². The van der Waals surface area contributed by atoms with Gasteiger partial charge in [0.25, 0.3) is 0 Å². The highest BCUT2D eigenvalue weighted by molar-refractivity contribution is 5.39. The third kappa shape index (κ3) is 3.22. The molecule has 24 heavy (non-hydrogen) atoms. The van der Waals surface area contributed by atoms with Gasteiger partial charge < -0.3 is 14.9 Å². The van der Waals surface area contributed by atoms with Crippen LogP contribution in [-0.2, 0) is 5.41 Å². The molecule has 2 N–H and O–H groups in total. The van der Waals surface area contributed by atoms with E-state index >= 15 is 0 Å². The Bertz CT molecular complexity index is 700. The molecule has 1 fully saturated rings. The van der Waals surface area contributed by atoms with Crippen molar-refractivity contribution in [1.82, 2.24) is 4.98 Å². The van der Waals surface area contributed by atoms with Gasteiger partial charge in [-0.05, 0) is 42.7 Å². The summed E-state index contributed by atoms with van der Waals surface area (Å²) >= 11 is 0. The van der Waals surface area contributed by atoms with E-state index in [0.717, 1.165) is 0 Å². The van der Waals surface area contributed by atoms with Gasteiger partial charge >= 0.3 is 6.36 Å². The third-order valence-corrected chi connectivity index (χ3v) is 4.33. The third-order valence-electron chi connectivity index (χ3n) is 4.33. The standard InChI is InChI=1S/C17H16F3NO3/c18-17(19,20)24-13-5-3-4-11(8-13)16(9-12(22)10-16)15(23)14-6-1-2-7-21-14/h1-8,12,15,22-23H,9-10H2/t12-,15-,16-/m1/s1. The Morgan fingerprint density at radius 1 is 1.17 bits per heavy atom. The van der Waals surface area contributed by atoms with Crippen LogP contribution in [0.3, 0.4) is 0 Å². The second kappa shape index (κ2) is 6.07. The zero-order valence-electron chi connectivity index (χ0n) is 12.6. The molecule has 2 aromatic rings. The molecule has 1 aromatic carbocycles.